The number of likely N-dealkylation sites (tertiary alicyclic amines) is 1. The van der Waals surface area contributed by atoms with Crippen LogP contribution in [0.5, 0.6) is 0 Å². The van der Waals surface area contributed by atoms with Crippen molar-refractivity contribution in [1.29, 1.82) is 0 Å². The third-order valence-electron chi connectivity index (χ3n) is 2.82. The SMILES string of the molecule is Cl.NC1CCN(CC(=O)Nc2ccccc2F)C1. The van der Waals surface area contributed by atoms with Crippen molar-refractivity contribution in [2.24, 2.45) is 5.73 Å². The minimum atomic E-state index is -0.418. The summed E-state index contributed by atoms with van der Waals surface area (Å²) in [5.41, 5.74) is 5.97. The molecular weight excluding hydrogens is 257 g/mol. The maximum absolute atomic E-state index is 13.3. The Morgan fingerprint density at radius 1 is 1.50 bits per heavy atom. The van der Waals surface area contributed by atoms with Gasteiger partial charge >= 0.3 is 0 Å². The van der Waals surface area contributed by atoms with Crippen LogP contribution in [0.25, 0.3) is 0 Å². The zero-order valence-electron chi connectivity index (χ0n) is 9.93. The Balaban J connectivity index is 0.00000162. The first-order valence-corrected chi connectivity index (χ1v) is 5.67. The van der Waals surface area contributed by atoms with Gasteiger partial charge in [0, 0.05) is 19.1 Å². The smallest absolute Gasteiger partial charge is 0.238 e. The Bertz CT molecular complexity index is 416. The lowest BCUT2D eigenvalue weighted by atomic mass is 10.3. The molecule has 18 heavy (non-hydrogen) atoms. The normalized spacial score (nSPS) is 19.3. The van der Waals surface area contributed by atoms with Crippen LogP contribution in [0.1, 0.15) is 6.42 Å². The summed E-state index contributed by atoms with van der Waals surface area (Å²) < 4.78 is 13.3. The van der Waals surface area contributed by atoms with Crippen LogP contribution >= 0.6 is 12.4 Å². The fraction of sp³-hybridized carbons (Fsp3) is 0.417. The molecule has 1 amide bonds. The number of benzene rings is 1. The van der Waals surface area contributed by atoms with Gasteiger partial charge in [-0.05, 0) is 18.6 Å². The molecule has 100 valence electrons. The third-order valence-corrected chi connectivity index (χ3v) is 2.82. The second-order valence-corrected chi connectivity index (χ2v) is 4.31. The first-order valence-electron chi connectivity index (χ1n) is 5.67. The van der Waals surface area contributed by atoms with E-state index in [0.717, 1.165) is 19.5 Å². The highest BCUT2D eigenvalue weighted by Crippen LogP contribution is 2.13. The monoisotopic (exact) mass is 273 g/mol. The summed E-state index contributed by atoms with van der Waals surface area (Å²) in [5, 5.41) is 2.56. The molecular formula is C12H17ClFN3O. The van der Waals surface area contributed by atoms with Gasteiger partial charge in [0.1, 0.15) is 5.82 Å². The van der Waals surface area contributed by atoms with Crippen molar-refractivity contribution >= 4 is 24.0 Å². The predicted molar refractivity (Wildman–Crippen MR) is 71.3 cm³/mol. The van der Waals surface area contributed by atoms with Crippen molar-refractivity contribution in [2.45, 2.75) is 12.5 Å². The van der Waals surface area contributed by atoms with E-state index in [1.165, 1.54) is 6.07 Å². The van der Waals surface area contributed by atoms with E-state index in [-0.39, 0.29) is 36.6 Å². The van der Waals surface area contributed by atoms with E-state index in [9.17, 15) is 9.18 Å². The molecule has 2 rings (SSSR count). The summed E-state index contributed by atoms with van der Waals surface area (Å²) in [6, 6.07) is 6.29. The number of hydrogen-bond donors (Lipinski definition) is 2. The molecule has 1 aliphatic heterocycles. The van der Waals surface area contributed by atoms with Crippen molar-refractivity contribution in [3.63, 3.8) is 0 Å². The molecule has 6 heteroatoms. The van der Waals surface area contributed by atoms with Crippen LogP contribution in [-0.2, 0) is 4.79 Å². The molecule has 1 heterocycles. The Morgan fingerprint density at radius 3 is 2.83 bits per heavy atom. The largest absolute Gasteiger partial charge is 0.326 e. The Kier molecular flexibility index (Phi) is 5.53. The summed E-state index contributed by atoms with van der Waals surface area (Å²) in [6.07, 6.45) is 0.910. The van der Waals surface area contributed by atoms with Gasteiger partial charge in [0.2, 0.25) is 5.91 Å². The van der Waals surface area contributed by atoms with Gasteiger partial charge in [-0.1, -0.05) is 12.1 Å². The fourth-order valence-electron chi connectivity index (χ4n) is 1.96. The topological polar surface area (TPSA) is 58.4 Å². The van der Waals surface area contributed by atoms with Gasteiger partial charge in [-0.2, -0.15) is 0 Å². The van der Waals surface area contributed by atoms with Gasteiger partial charge in [0.05, 0.1) is 12.2 Å². The molecule has 1 unspecified atom stereocenters. The molecule has 1 aromatic carbocycles. The van der Waals surface area contributed by atoms with Crippen LogP contribution < -0.4 is 11.1 Å². The second kappa shape index (κ2) is 6.68. The van der Waals surface area contributed by atoms with E-state index >= 15 is 0 Å². The Hall–Kier alpha value is -1.17. The standard InChI is InChI=1S/C12H16FN3O.ClH/c13-10-3-1-2-4-11(10)15-12(17)8-16-6-5-9(14)7-16;/h1-4,9H,5-8,14H2,(H,15,17);1H. The number of amides is 1. The number of rotatable bonds is 3. The van der Waals surface area contributed by atoms with Gasteiger partial charge in [0.25, 0.3) is 0 Å². The molecule has 0 aromatic heterocycles. The number of carbonyl (C=O) groups excluding carboxylic acids is 1. The molecule has 0 radical (unpaired) electrons. The third kappa shape index (κ3) is 3.94. The van der Waals surface area contributed by atoms with E-state index in [4.69, 9.17) is 5.73 Å². The van der Waals surface area contributed by atoms with Crippen LogP contribution in [0.4, 0.5) is 10.1 Å². The maximum atomic E-state index is 13.3. The summed E-state index contributed by atoms with van der Waals surface area (Å²) in [5.74, 6) is -0.622. The average molecular weight is 274 g/mol. The van der Waals surface area contributed by atoms with Crippen LogP contribution in [-0.4, -0.2) is 36.5 Å². The minimum Gasteiger partial charge on any atom is -0.326 e. The molecule has 3 N–H and O–H groups in total. The highest BCUT2D eigenvalue weighted by molar-refractivity contribution is 5.92. The van der Waals surface area contributed by atoms with E-state index < -0.39 is 5.82 Å². The summed E-state index contributed by atoms with van der Waals surface area (Å²) in [6.45, 7) is 1.82. The Labute approximate surface area is 112 Å². The molecule has 4 nitrogen and oxygen atoms in total. The van der Waals surface area contributed by atoms with Crippen LogP contribution in [0.15, 0.2) is 24.3 Å². The van der Waals surface area contributed by atoms with E-state index in [1.807, 2.05) is 4.90 Å². The molecule has 1 aliphatic rings. The van der Waals surface area contributed by atoms with Crippen molar-refractivity contribution in [3.8, 4) is 0 Å². The van der Waals surface area contributed by atoms with E-state index in [1.54, 1.807) is 18.2 Å². The van der Waals surface area contributed by atoms with Crippen LogP contribution in [0.2, 0.25) is 0 Å². The predicted octanol–water partition coefficient (Wildman–Crippen LogP) is 1.22. The number of hydrogen-bond acceptors (Lipinski definition) is 3. The number of nitrogens with one attached hydrogen (secondary N) is 1. The number of halogens is 2. The zero-order valence-corrected chi connectivity index (χ0v) is 10.8. The van der Waals surface area contributed by atoms with Crippen LogP contribution in [0.3, 0.4) is 0 Å². The van der Waals surface area contributed by atoms with Crippen molar-refractivity contribution in [1.82, 2.24) is 4.90 Å². The average Bonchev–Trinajstić information content (AvgIpc) is 2.67. The Morgan fingerprint density at radius 2 is 2.22 bits per heavy atom. The molecule has 1 aromatic rings. The number of nitrogens with zero attached hydrogens (tertiary/aromatic N) is 1. The van der Waals surface area contributed by atoms with E-state index in [0.29, 0.717) is 0 Å². The fourth-order valence-corrected chi connectivity index (χ4v) is 1.96. The lowest BCUT2D eigenvalue weighted by molar-refractivity contribution is -0.117. The molecule has 0 aliphatic carbocycles. The second-order valence-electron chi connectivity index (χ2n) is 4.31. The van der Waals surface area contributed by atoms with Gasteiger partial charge in [-0.3, -0.25) is 9.69 Å². The first-order chi connectivity index (χ1) is 8.15. The van der Waals surface area contributed by atoms with Crippen molar-refractivity contribution in [2.75, 3.05) is 25.0 Å². The number of carbonyl (C=O) groups is 1. The maximum Gasteiger partial charge on any atom is 0.238 e. The van der Waals surface area contributed by atoms with Crippen molar-refractivity contribution in [3.05, 3.63) is 30.1 Å². The lowest BCUT2D eigenvalue weighted by Gasteiger charge is -2.14. The number of para-hydroxylation sites is 1. The molecule has 0 bridgehead atoms. The molecule has 1 saturated heterocycles. The zero-order chi connectivity index (χ0) is 12.3. The van der Waals surface area contributed by atoms with Gasteiger partial charge < -0.3 is 11.1 Å². The van der Waals surface area contributed by atoms with Gasteiger partial charge in [-0.15, -0.1) is 12.4 Å². The quantitative estimate of drug-likeness (QED) is 0.871. The molecule has 1 atom stereocenters. The highest BCUT2D eigenvalue weighted by atomic mass is 35.5. The van der Waals surface area contributed by atoms with Gasteiger partial charge in [-0.25, -0.2) is 4.39 Å². The molecule has 0 spiro atoms. The highest BCUT2D eigenvalue weighted by Gasteiger charge is 2.21. The van der Waals surface area contributed by atoms with E-state index in [2.05, 4.69) is 5.32 Å². The number of anilines is 1. The molecule has 1 fully saturated rings. The summed E-state index contributed by atoms with van der Waals surface area (Å²) >= 11 is 0. The summed E-state index contributed by atoms with van der Waals surface area (Å²) in [4.78, 5) is 13.6. The molecule has 0 saturated carbocycles. The first kappa shape index (κ1) is 14.9. The summed E-state index contributed by atoms with van der Waals surface area (Å²) in [7, 11) is 0. The lowest BCUT2D eigenvalue weighted by Crippen LogP contribution is -2.33. The van der Waals surface area contributed by atoms with Gasteiger partial charge in [0.15, 0.2) is 0 Å². The van der Waals surface area contributed by atoms with Crippen LogP contribution in [0, 0.1) is 5.82 Å². The van der Waals surface area contributed by atoms with Crippen molar-refractivity contribution < 1.29 is 9.18 Å². The minimum absolute atomic E-state index is 0. The number of nitrogens with two attached hydrogens (primary N) is 1.